The Morgan fingerprint density at radius 1 is 0.900 bits per heavy atom. The maximum absolute atomic E-state index is 11.2. The van der Waals surface area contributed by atoms with E-state index in [4.69, 9.17) is 14.8 Å². The smallest absolute Gasteiger partial charge is 0.336 e. The Morgan fingerprint density at radius 2 is 1.55 bits per heavy atom. The number of hydrogen-bond donors (Lipinski definition) is 3. The highest BCUT2D eigenvalue weighted by Gasteiger charge is 2.19. The van der Waals surface area contributed by atoms with Gasteiger partial charge in [0, 0.05) is 5.39 Å². The van der Waals surface area contributed by atoms with Gasteiger partial charge < -0.3 is 10.2 Å². The van der Waals surface area contributed by atoms with Crippen LogP contribution in [-0.2, 0) is 10.1 Å². The summed E-state index contributed by atoms with van der Waals surface area (Å²) in [5, 5.41) is 17.8. The number of carboxylic acids is 2. The molecule has 0 aliphatic rings. The molecule has 2 aromatic rings. The molecule has 0 aromatic heterocycles. The average molecular weight is 296 g/mol. The first-order valence-electron chi connectivity index (χ1n) is 5.22. The van der Waals surface area contributed by atoms with Crippen molar-refractivity contribution in [1.82, 2.24) is 0 Å². The Kier molecular flexibility index (Phi) is 3.20. The Hall–Kier alpha value is -2.45. The molecule has 0 bridgehead atoms. The summed E-state index contributed by atoms with van der Waals surface area (Å²) >= 11 is 0. The molecule has 0 aliphatic carbocycles. The molecule has 7 nitrogen and oxygen atoms in total. The molecule has 8 heteroatoms. The molecule has 0 radical (unpaired) electrons. The number of rotatable bonds is 3. The van der Waals surface area contributed by atoms with Crippen LogP contribution in [0.3, 0.4) is 0 Å². The summed E-state index contributed by atoms with van der Waals surface area (Å²) in [6.45, 7) is 0. The van der Waals surface area contributed by atoms with Gasteiger partial charge >= 0.3 is 11.9 Å². The van der Waals surface area contributed by atoms with Gasteiger partial charge in [-0.2, -0.15) is 8.42 Å². The molecule has 0 heterocycles. The van der Waals surface area contributed by atoms with E-state index in [-0.39, 0.29) is 21.9 Å². The molecule has 0 atom stereocenters. The van der Waals surface area contributed by atoms with E-state index in [2.05, 4.69) is 0 Å². The maximum Gasteiger partial charge on any atom is 0.336 e. The minimum atomic E-state index is -4.55. The van der Waals surface area contributed by atoms with Crippen LogP contribution < -0.4 is 0 Å². The van der Waals surface area contributed by atoms with Crippen LogP contribution in [0.1, 0.15) is 20.7 Å². The van der Waals surface area contributed by atoms with Gasteiger partial charge in [-0.25, -0.2) is 9.59 Å². The molecule has 0 spiro atoms. The molecule has 0 aliphatic heterocycles. The summed E-state index contributed by atoms with van der Waals surface area (Å²) in [7, 11) is -4.55. The Labute approximate surface area is 112 Å². The molecule has 3 N–H and O–H groups in total. The summed E-state index contributed by atoms with van der Waals surface area (Å²) in [4.78, 5) is 21.5. The van der Waals surface area contributed by atoms with Crippen LogP contribution in [0, 0.1) is 0 Å². The first-order valence-corrected chi connectivity index (χ1v) is 6.66. The van der Waals surface area contributed by atoms with Gasteiger partial charge in [0.2, 0.25) is 0 Å². The van der Waals surface area contributed by atoms with Gasteiger partial charge in [-0.1, -0.05) is 6.07 Å². The van der Waals surface area contributed by atoms with Gasteiger partial charge in [0.1, 0.15) is 4.90 Å². The second kappa shape index (κ2) is 4.58. The predicted molar refractivity (Wildman–Crippen MR) is 67.7 cm³/mol. The van der Waals surface area contributed by atoms with Gasteiger partial charge in [0.15, 0.2) is 0 Å². The van der Waals surface area contributed by atoms with Crippen LogP contribution in [0.4, 0.5) is 0 Å². The summed E-state index contributed by atoms with van der Waals surface area (Å²) < 4.78 is 31.6. The first-order chi connectivity index (χ1) is 9.21. The Morgan fingerprint density at radius 3 is 2.05 bits per heavy atom. The molecule has 0 fully saturated rings. The SMILES string of the molecule is O=C(O)c1ccc2c(S(=O)(=O)O)ccc(C(=O)O)c2c1. The Balaban J connectivity index is 2.96. The summed E-state index contributed by atoms with van der Waals surface area (Å²) in [5.74, 6) is -2.61. The highest BCUT2D eigenvalue weighted by Crippen LogP contribution is 2.27. The van der Waals surface area contributed by atoms with Crippen molar-refractivity contribution >= 4 is 32.8 Å². The number of carboxylic acid groups (broad SMARTS) is 2. The van der Waals surface area contributed by atoms with E-state index < -0.39 is 27.0 Å². The van der Waals surface area contributed by atoms with E-state index in [1.807, 2.05) is 0 Å². The molecule has 0 amide bonds. The van der Waals surface area contributed by atoms with Crippen molar-refractivity contribution < 1.29 is 32.8 Å². The van der Waals surface area contributed by atoms with E-state index in [0.29, 0.717) is 0 Å². The average Bonchev–Trinajstić information content (AvgIpc) is 2.35. The van der Waals surface area contributed by atoms with E-state index in [9.17, 15) is 18.0 Å². The van der Waals surface area contributed by atoms with Gasteiger partial charge in [-0.05, 0) is 29.7 Å². The quantitative estimate of drug-likeness (QED) is 0.731. The highest BCUT2D eigenvalue weighted by atomic mass is 32.2. The number of benzene rings is 2. The number of aromatic carboxylic acids is 2. The van der Waals surface area contributed by atoms with E-state index in [1.165, 1.54) is 0 Å². The number of hydrogen-bond acceptors (Lipinski definition) is 4. The van der Waals surface area contributed by atoms with Crippen LogP contribution >= 0.6 is 0 Å². The van der Waals surface area contributed by atoms with Gasteiger partial charge in [0.25, 0.3) is 10.1 Å². The second-order valence-electron chi connectivity index (χ2n) is 3.96. The highest BCUT2D eigenvalue weighted by molar-refractivity contribution is 7.86. The summed E-state index contributed by atoms with van der Waals surface area (Å²) in [5.41, 5.74) is -0.442. The van der Waals surface area contributed by atoms with Crippen LogP contribution in [0.25, 0.3) is 10.8 Å². The van der Waals surface area contributed by atoms with Crippen molar-refractivity contribution in [1.29, 1.82) is 0 Å². The first kappa shape index (κ1) is 14.0. The van der Waals surface area contributed by atoms with Crippen molar-refractivity contribution in [2.75, 3.05) is 0 Å². The topological polar surface area (TPSA) is 129 Å². The third kappa shape index (κ3) is 2.33. The Bertz CT molecular complexity index is 836. The zero-order chi connectivity index (χ0) is 15.1. The van der Waals surface area contributed by atoms with Gasteiger partial charge in [0.05, 0.1) is 11.1 Å². The second-order valence-corrected chi connectivity index (χ2v) is 5.35. The fourth-order valence-corrected chi connectivity index (χ4v) is 2.56. The lowest BCUT2D eigenvalue weighted by molar-refractivity contribution is 0.0685. The van der Waals surface area contributed by atoms with Crippen molar-refractivity contribution in [3.05, 3.63) is 41.5 Å². The van der Waals surface area contributed by atoms with Crippen LogP contribution in [0.5, 0.6) is 0 Å². The molecular formula is C12H8O7S. The fraction of sp³-hybridized carbons (Fsp3) is 0. The molecule has 0 unspecified atom stereocenters. The summed E-state index contributed by atoms with van der Waals surface area (Å²) in [6, 6.07) is 5.29. The molecule has 104 valence electrons. The predicted octanol–water partition coefficient (Wildman–Crippen LogP) is 1.48. The lowest BCUT2D eigenvalue weighted by Crippen LogP contribution is -2.05. The van der Waals surface area contributed by atoms with Crippen molar-refractivity contribution in [3.63, 3.8) is 0 Å². The monoisotopic (exact) mass is 296 g/mol. The largest absolute Gasteiger partial charge is 0.478 e. The number of carbonyl (C=O) groups is 2. The van der Waals surface area contributed by atoms with Crippen LogP contribution in [0.15, 0.2) is 35.2 Å². The van der Waals surface area contributed by atoms with E-state index >= 15 is 0 Å². The minimum absolute atomic E-state index is 0.0580. The molecule has 20 heavy (non-hydrogen) atoms. The van der Waals surface area contributed by atoms with Crippen molar-refractivity contribution in [2.45, 2.75) is 4.90 Å². The third-order valence-electron chi connectivity index (χ3n) is 2.73. The van der Waals surface area contributed by atoms with Gasteiger partial charge in [-0.15, -0.1) is 0 Å². The summed E-state index contributed by atoms with van der Waals surface area (Å²) in [6.07, 6.45) is 0. The zero-order valence-corrected chi connectivity index (χ0v) is 10.6. The van der Waals surface area contributed by atoms with Crippen LogP contribution in [-0.4, -0.2) is 35.1 Å². The normalized spacial score (nSPS) is 11.4. The molecule has 0 saturated carbocycles. The maximum atomic E-state index is 11.2. The molecule has 2 rings (SSSR count). The zero-order valence-electron chi connectivity index (χ0n) is 9.77. The van der Waals surface area contributed by atoms with Crippen molar-refractivity contribution in [2.24, 2.45) is 0 Å². The van der Waals surface area contributed by atoms with E-state index in [1.54, 1.807) is 0 Å². The van der Waals surface area contributed by atoms with Crippen LogP contribution in [0.2, 0.25) is 0 Å². The van der Waals surface area contributed by atoms with Gasteiger partial charge in [-0.3, -0.25) is 4.55 Å². The molecular weight excluding hydrogens is 288 g/mol. The molecule has 2 aromatic carbocycles. The number of fused-ring (bicyclic) bond motifs is 1. The lowest BCUT2D eigenvalue weighted by Gasteiger charge is -2.08. The van der Waals surface area contributed by atoms with E-state index in [0.717, 1.165) is 30.3 Å². The standard InChI is InChI=1S/C12H8O7S/c13-11(14)6-1-2-7-9(5-6)8(12(15)16)3-4-10(7)20(17,18)19/h1-5H,(H,13,14)(H,15,16)(H,17,18,19). The fourth-order valence-electron chi connectivity index (χ4n) is 1.86. The molecule has 0 saturated heterocycles. The third-order valence-corrected chi connectivity index (χ3v) is 3.64. The minimum Gasteiger partial charge on any atom is -0.478 e. The van der Waals surface area contributed by atoms with Crippen molar-refractivity contribution in [3.8, 4) is 0 Å². The lowest BCUT2D eigenvalue weighted by atomic mass is 10.0.